The lowest BCUT2D eigenvalue weighted by atomic mass is 10.2. The van der Waals surface area contributed by atoms with Crippen molar-refractivity contribution in [2.45, 2.75) is 6.10 Å². The highest BCUT2D eigenvalue weighted by Crippen LogP contribution is 2.26. The van der Waals surface area contributed by atoms with Crippen LogP contribution in [-0.4, -0.2) is 55.7 Å². The van der Waals surface area contributed by atoms with E-state index in [4.69, 9.17) is 4.74 Å². The molecule has 0 saturated carbocycles. The minimum atomic E-state index is -0.395. The van der Waals surface area contributed by atoms with Crippen LogP contribution < -0.4 is 4.90 Å². The molecule has 1 aliphatic heterocycles. The normalized spacial score (nSPS) is 19.7. The number of carbonyl (C=O) groups excluding carboxylic acids is 1. The molecule has 1 amide bonds. The third kappa shape index (κ3) is 2.81. The SMILES string of the molecule is CN(C)C(=O)C1CN(c2ccncc2Br)CCO1. The molecule has 6 heteroatoms. The van der Waals surface area contributed by atoms with Gasteiger partial charge in [-0.3, -0.25) is 9.78 Å². The summed E-state index contributed by atoms with van der Waals surface area (Å²) in [6, 6.07) is 1.94. The van der Waals surface area contributed by atoms with E-state index < -0.39 is 6.10 Å². The zero-order valence-corrected chi connectivity index (χ0v) is 12.1. The van der Waals surface area contributed by atoms with Gasteiger partial charge in [-0.2, -0.15) is 0 Å². The van der Waals surface area contributed by atoms with E-state index in [-0.39, 0.29) is 5.91 Å². The number of aromatic nitrogens is 1. The lowest BCUT2D eigenvalue weighted by molar-refractivity contribution is -0.141. The topological polar surface area (TPSA) is 45.7 Å². The van der Waals surface area contributed by atoms with Gasteiger partial charge in [-0.25, -0.2) is 0 Å². The van der Waals surface area contributed by atoms with Crippen molar-refractivity contribution in [3.63, 3.8) is 0 Å². The van der Waals surface area contributed by atoms with Crippen LogP contribution in [0.4, 0.5) is 5.69 Å². The average molecular weight is 314 g/mol. The second kappa shape index (κ2) is 5.67. The van der Waals surface area contributed by atoms with Crippen LogP contribution in [0.3, 0.4) is 0 Å². The number of morpholine rings is 1. The second-order valence-electron chi connectivity index (χ2n) is 4.37. The fourth-order valence-electron chi connectivity index (χ4n) is 1.93. The van der Waals surface area contributed by atoms with E-state index in [0.29, 0.717) is 13.2 Å². The van der Waals surface area contributed by atoms with Gasteiger partial charge in [-0.1, -0.05) is 0 Å². The molecule has 2 heterocycles. The van der Waals surface area contributed by atoms with E-state index in [2.05, 4.69) is 25.8 Å². The van der Waals surface area contributed by atoms with Gasteiger partial charge in [0.2, 0.25) is 0 Å². The zero-order valence-electron chi connectivity index (χ0n) is 10.5. The standard InChI is InChI=1S/C12H16BrN3O2/c1-15(2)12(17)11-8-16(5-6-18-11)10-3-4-14-7-9(10)13/h3-4,7,11H,5-6,8H2,1-2H3. The predicted octanol–water partition coefficient (Wildman–Crippen LogP) is 1.14. The van der Waals surface area contributed by atoms with Crippen LogP contribution in [-0.2, 0) is 9.53 Å². The Hall–Kier alpha value is -1.14. The molecule has 1 aromatic heterocycles. The number of amides is 1. The first-order valence-electron chi connectivity index (χ1n) is 5.77. The van der Waals surface area contributed by atoms with Crippen molar-refractivity contribution < 1.29 is 9.53 Å². The number of anilines is 1. The molecule has 0 radical (unpaired) electrons. The highest BCUT2D eigenvalue weighted by Gasteiger charge is 2.28. The van der Waals surface area contributed by atoms with Crippen LogP contribution in [0.5, 0.6) is 0 Å². The Kier molecular flexibility index (Phi) is 4.19. The molecule has 1 fully saturated rings. The first kappa shape index (κ1) is 13.3. The summed E-state index contributed by atoms with van der Waals surface area (Å²) in [7, 11) is 3.49. The number of hydrogen-bond acceptors (Lipinski definition) is 4. The summed E-state index contributed by atoms with van der Waals surface area (Å²) in [5.41, 5.74) is 1.05. The molecule has 1 saturated heterocycles. The van der Waals surface area contributed by atoms with Crippen molar-refractivity contribution in [1.29, 1.82) is 0 Å². The van der Waals surface area contributed by atoms with Crippen molar-refractivity contribution in [2.75, 3.05) is 38.7 Å². The van der Waals surface area contributed by atoms with Crippen molar-refractivity contribution in [3.8, 4) is 0 Å². The third-order valence-corrected chi connectivity index (χ3v) is 3.49. The number of ether oxygens (including phenoxy) is 1. The second-order valence-corrected chi connectivity index (χ2v) is 5.22. The minimum absolute atomic E-state index is 0.00452. The van der Waals surface area contributed by atoms with E-state index in [9.17, 15) is 4.79 Å². The van der Waals surface area contributed by atoms with Gasteiger partial charge in [0.15, 0.2) is 6.10 Å². The fourth-order valence-corrected chi connectivity index (χ4v) is 2.43. The van der Waals surface area contributed by atoms with Gasteiger partial charge in [-0.15, -0.1) is 0 Å². The molecule has 1 aromatic rings. The van der Waals surface area contributed by atoms with E-state index in [1.54, 1.807) is 31.4 Å². The molecule has 0 bridgehead atoms. The highest BCUT2D eigenvalue weighted by atomic mass is 79.9. The van der Waals surface area contributed by atoms with Crippen LogP contribution in [0.2, 0.25) is 0 Å². The largest absolute Gasteiger partial charge is 0.365 e. The quantitative estimate of drug-likeness (QED) is 0.821. The van der Waals surface area contributed by atoms with E-state index in [1.807, 2.05) is 6.07 Å². The molecule has 0 aliphatic carbocycles. The third-order valence-electron chi connectivity index (χ3n) is 2.87. The maximum Gasteiger partial charge on any atom is 0.253 e. The van der Waals surface area contributed by atoms with Gasteiger partial charge in [-0.05, 0) is 22.0 Å². The van der Waals surface area contributed by atoms with Crippen LogP contribution >= 0.6 is 15.9 Å². The molecule has 0 N–H and O–H groups in total. The predicted molar refractivity (Wildman–Crippen MR) is 72.6 cm³/mol. The molecule has 1 atom stereocenters. The number of nitrogens with zero attached hydrogens (tertiary/aromatic N) is 3. The van der Waals surface area contributed by atoms with E-state index in [0.717, 1.165) is 16.7 Å². The zero-order chi connectivity index (χ0) is 13.1. The number of pyridine rings is 1. The fraction of sp³-hybridized carbons (Fsp3) is 0.500. The smallest absolute Gasteiger partial charge is 0.253 e. The molecule has 1 aliphatic rings. The summed E-state index contributed by atoms with van der Waals surface area (Å²) in [5, 5.41) is 0. The number of rotatable bonds is 2. The van der Waals surface area contributed by atoms with Gasteiger partial charge in [0, 0.05) is 33.0 Å². The average Bonchev–Trinajstić information content (AvgIpc) is 2.38. The van der Waals surface area contributed by atoms with Gasteiger partial charge in [0.25, 0.3) is 5.91 Å². The van der Waals surface area contributed by atoms with Crippen molar-refractivity contribution >= 4 is 27.5 Å². The monoisotopic (exact) mass is 313 g/mol. The van der Waals surface area contributed by atoms with Crippen LogP contribution in [0.25, 0.3) is 0 Å². The molecular weight excluding hydrogens is 298 g/mol. The van der Waals surface area contributed by atoms with Gasteiger partial charge in [0.1, 0.15) is 0 Å². The number of carbonyl (C=O) groups is 1. The maximum atomic E-state index is 11.9. The maximum absolute atomic E-state index is 11.9. The Morgan fingerprint density at radius 1 is 1.61 bits per heavy atom. The molecule has 0 spiro atoms. The van der Waals surface area contributed by atoms with Gasteiger partial charge >= 0.3 is 0 Å². The van der Waals surface area contributed by atoms with Crippen molar-refractivity contribution in [2.24, 2.45) is 0 Å². The lowest BCUT2D eigenvalue weighted by Gasteiger charge is -2.35. The Labute approximate surface area is 115 Å². The first-order valence-corrected chi connectivity index (χ1v) is 6.56. The minimum Gasteiger partial charge on any atom is -0.365 e. The number of halogens is 1. The summed E-state index contributed by atoms with van der Waals surface area (Å²) in [4.78, 5) is 19.7. The van der Waals surface area contributed by atoms with Gasteiger partial charge < -0.3 is 14.5 Å². The highest BCUT2D eigenvalue weighted by molar-refractivity contribution is 9.10. The summed E-state index contributed by atoms with van der Waals surface area (Å²) in [5.74, 6) is 0.00452. The van der Waals surface area contributed by atoms with E-state index >= 15 is 0 Å². The Bertz CT molecular complexity index is 439. The first-order chi connectivity index (χ1) is 8.59. The lowest BCUT2D eigenvalue weighted by Crippen LogP contribution is -2.49. The molecule has 1 unspecified atom stereocenters. The Balaban J connectivity index is 2.12. The summed E-state index contributed by atoms with van der Waals surface area (Å²) in [6.07, 6.45) is 3.11. The van der Waals surface area contributed by atoms with Crippen LogP contribution in [0, 0.1) is 0 Å². The van der Waals surface area contributed by atoms with Crippen LogP contribution in [0.1, 0.15) is 0 Å². The van der Waals surface area contributed by atoms with E-state index in [1.165, 1.54) is 0 Å². The van der Waals surface area contributed by atoms with Crippen molar-refractivity contribution in [1.82, 2.24) is 9.88 Å². The molecule has 5 nitrogen and oxygen atoms in total. The van der Waals surface area contributed by atoms with Gasteiger partial charge in [0.05, 0.1) is 23.3 Å². The van der Waals surface area contributed by atoms with Crippen LogP contribution in [0.15, 0.2) is 22.9 Å². The van der Waals surface area contributed by atoms with Crippen molar-refractivity contribution in [3.05, 3.63) is 22.9 Å². The number of hydrogen-bond donors (Lipinski definition) is 0. The molecule has 18 heavy (non-hydrogen) atoms. The summed E-state index contributed by atoms with van der Waals surface area (Å²) in [6.45, 7) is 1.90. The Morgan fingerprint density at radius 3 is 3.06 bits per heavy atom. The summed E-state index contributed by atoms with van der Waals surface area (Å²) < 4.78 is 6.46. The molecule has 0 aromatic carbocycles. The summed E-state index contributed by atoms with van der Waals surface area (Å²) >= 11 is 3.48. The number of likely N-dealkylation sites (N-methyl/N-ethyl adjacent to an activating group) is 1. The Morgan fingerprint density at radius 2 is 2.39 bits per heavy atom. The molecule has 98 valence electrons. The molecular formula is C12H16BrN3O2. The molecule has 2 rings (SSSR count).